The zero-order chi connectivity index (χ0) is 23.1. The molecule has 6 heteroatoms. The molecule has 1 N–H and O–H groups in total. The van der Waals surface area contributed by atoms with Gasteiger partial charge in [-0.25, -0.2) is 4.98 Å². The number of hydrogen-bond acceptors (Lipinski definition) is 5. The Morgan fingerprint density at radius 3 is 2.50 bits per heavy atom. The van der Waals surface area contributed by atoms with E-state index in [2.05, 4.69) is 70.4 Å². The van der Waals surface area contributed by atoms with Gasteiger partial charge in [-0.2, -0.15) is 0 Å². The highest BCUT2D eigenvalue weighted by molar-refractivity contribution is 6.06. The van der Waals surface area contributed by atoms with E-state index in [0.29, 0.717) is 6.61 Å². The van der Waals surface area contributed by atoms with Gasteiger partial charge < -0.3 is 19.5 Å². The van der Waals surface area contributed by atoms with Crippen LogP contribution >= 0.6 is 0 Å². The van der Waals surface area contributed by atoms with Gasteiger partial charge in [0.15, 0.2) is 0 Å². The number of rotatable bonds is 5. The van der Waals surface area contributed by atoms with E-state index in [0.717, 1.165) is 77.7 Å². The van der Waals surface area contributed by atoms with E-state index < -0.39 is 0 Å². The maximum Gasteiger partial charge on any atom is 0.138 e. The normalized spacial score (nSPS) is 16.1. The van der Waals surface area contributed by atoms with Crippen LogP contribution in [0.3, 0.4) is 0 Å². The Morgan fingerprint density at radius 2 is 1.71 bits per heavy atom. The van der Waals surface area contributed by atoms with Crippen LogP contribution in [0, 0.1) is 0 Å². The minimum Gasteiger partial charge on any atom is -0.494 e. The SMILES string of the molecule is CCOc1ccc(C2=Nc3ccc(-c4nc5ccc(N6CCN(C)CC6)cc5[nH]4)cc3C2)cc1. The quantitative estimate of drug-likeness (QED) is 0.461. The summed E-state index contributed by atoms with van der Waals surface area (Å²) in [5.41, 5.74) is 8.95. The molecule has 34 heavy (non-hydrogen) atoms. The van der Waals surface area contributed by atoms with Gasteiger partial charge in [-0.3, -0.25) is 4.99 Å². The van der Waals surface area contributed by atoms with Gasteiger partial charge in [0, 0.05) is 43.9 Å². The first-order chi connectivity index (χ1) is 16.7. The molecule has 1 saturated heterocycles. The Labute approximate surface area is 199 Å². The molecular formula is C28H29N5O. The summed E-state index contributed by atoms with van der Waals surface area (Å²) in [5.74, 6) is 1.80. The summed E-state index contributed by atoms with van der Waals surface area (Å²) in [6.45, 7) is 6.99. The van der Waals surface area contributed by atoms with Gasteiger partial charge in [-0.15, -0.1) is 0 Å². The zero-order valence-electron chi connectivity index (χ0n) is 19.7. The fourth-order valence-corrected chi connectivity index (χ4v) is 4.82. The van der Waals surface area contributed by atoms with Crippen molar-refractivity contribution >= 4 is 28.1 Å². The molecule has 0 bridgehead atoms. The molecule has 2 aliphatic rings. The van der Waals surface area contributed by atoms with Crippen molar-refractivity contribution in [3.05, 3.63) is 71.8 Å². The standard InChI is InChI=1S/C28H29N5O/c1-3-34-23-8-4-19(5-9-23)26-17-21-16-20(6-10-24(21)29-26)28-30-25-11-7-22(18-27(25)31-28)33-14-12-32(2)13-15-33/h4-11,16,18H,3,12-15,17H2,1-2H3,(H,30,31). The number of likely N-dealkylation sites (N-methyl/N-ethyl adjacent to an activating group) is 1. The Kier molecular flexibility index (Phi) is 5.30. The van der Waals surface area contributed by atoms with Gasteiger partial charge in [0.2, 0.25) is 0 Å². The van der Waals surface area contributed by atoms with Crippen LogP contribution in [0.1, 0.15) is 18.1 Å². The molecule has 172 valence electrons. The minimum absolute atomic E-state index is 0.674. The maximum absolute atomic E-state index is 5.57. The minimum atomic E-state index is 0.674. The number of ether oxygens (including phenoxy) is 1. The highest BCUT2D eigenvalue weighted by Crippen LogP contribution is 2.33. The number of hydrogen-bond donors (Lipinski definition) is 1. The molecule has 3 heterocycles. The summed E-state index contributed by atoms with van der Waals surface area (Å²) in [4.78, 5) is 18.1. The molecule has 0 spiro atoms. The number of piperazine rings is 1. The molecule has 6 nitrogen and oxygen atoms in total. The summed E-state index contributed by atoms with van der Waals surface area (Å²) < 4.78 is 5.57. The highest BCUT2D eigenvalue weighted by atomic mass is 16.5. The summed E-state index contributed by atoms with van der Waals surface area (Å²) in [6, 6.07) is 21.2. The van der Waals surface area contributed by atoms with Crippen molar-refractivity contribution in [3.8, 4) is 17.1 Å². The number of aromatic nitrogens is 2. The van der Waals surface area contributed by atoms with Gasteiger partial charge in [0.05, 0.1) is 29.0 Å². The average molecular weight is 452 g/mol. The Bertz CT molecular complexity index is 1360. The number of imidazole rings is 1. The Balaban J connectivity index is 1.22. The molecule has 0 radical (unpaired) electrons. The Morgan fingerprint density at radius 1 is 0.912 bits per heavy atom. The lowest BCUT2D eigenvalue weighted by Crippen LogP contribution is -2.44. The monoisotopic (exact) mass is 451 g/mol. The predicted octanol–water partition coefficient (Wildman–Crippen LogP) is 5.06. The van der Waals surface area contributed by atoms with E-state index in [1.54, 1.807) is 0 Å². The van der Waals surface area contributed by atoms with E-state index >= 15 is 0 Å². The number of aromatic amines is 1. The number of nitrogens with zero attached hydrogens (tertiary/aromatic N) is 4. The third kappa shape index (κ3) is 3.94. The van der Waals surface area contributed by atoms with Gasteiger partial charge in [0.25, 0.3) is 0 Å². The second-order valence-corrected chi connectivity index (χ2v) is 9.11. The van der Waals surface area contributed by atoms with E-state index in [1.807, 2.05) is 19.1 Å². The molecule has 3 aromatic carbocycles. The van der Waals surface area contributed by atoms with Crippen LogP contribution in [0.25, 0.3) is 22.4 Å². The smallest absolute Gasteiger partial charge is 0.138 e. The molecule has 1 fully saturated rings. The largest absolute Gasteiger partial charge is 0.494 e. The van der Waals surface area contributed by atoms with Gasteiger partial charge >= 0.3 is 0 Å². The lowest BCUT2D eigenvalue weighted by molar-refractivity contribution is 0.313. The summed E-state index contributed by atoms with van der Waals surface area (Å²) >= 11 is 0. The van der Waals surface area contributed by atoms with Crippen LogP contribution < -0.4 is 9.64 Å². The summed E-state index contributed by atoms with van der Waals surface area (Å²) in [5, 5.41) is 0. The highest BCUT2D eigenvalue weighted by Gasteiger charge is 2.19. The first-order valence-corrected chi connectivity index (χ1v) is 12.0. The third-order valence-electron chi connectivity index (χ3n) is 6.80. The number of aliphatic imine (C=N–C) groups is 1. The van der Waals surface area contributed by atoms with E-state index in [4.69, 9.17) is 14.7 Å². The number of H-pyrrole nitrogens is 1. The first kappa shape index (κ1) is 20.9. The van der Waals surface area contributed by atoms with Crippen molar-refractivity contribution in [2.45, 2.75) is 13.3 Å². The zero-order valence-corrected chi connectivity index (χ0v) is 19.7. The van der Waals surface area contributed by atoms with Gasteiger partial charge in [0.1, 0.15) is 11.6 Å². The average Bonchev–Trinajstić information content (AvgIpc) is 3.48. The van der Waals surface area contributed by atoms with Crippen LogP contribution in [0.5, 0.6) is 5.75 Å². The number of benzene rings is 3. The van der Waals surface area contributed by atoms with Crippen molar-refractivity contribution in [1.29, 1.82) is 0 Å². The second-order valence-electron chi connectivity index (χ2n) is 9.11. The molecule has 0 amide bonds. The van der Waals surface area contributed by atoms with Gasteiger partial charge in [-0.1, -0.05) is 0 Å². The van der Waals surface area contributed by atoms with E-state index in [-0.39, 0.29) is 0 Å². The number of fused-ring (bicyclic) bond motifs is 2. The van der Waals surface area contributed by atoms with Gasteiger partial charge in [-0.05, 0) is 85.8 Å². The first-order valence-electron chi connectivity index (χ1n) is 12.0. The fourth-order valence-electron chi connectivity index (χ4n) is 4.82. The number of anilines is 1. The lowest BCUT2D eigenvalue weighted by Gasteiger charge is -2.34. The number of nitrogens with one attached hydrogen (secondary N) is 1. The molecule has 4 aromatic rings. The predicted molar refractivity (Wildman–Crippen MR) is 139 cm³/mol. The van der Waals surface area contributed by atoms with E-state index in [9.17, 15) is 0 Å². The molecule has 2 aliphatic heterocycles. The molecule has 0 saturated carbocycles. The van der Waals surface area contributed by atoms with Crippen molar-refractivity contribution < 1.29 is 4.74 Å². The van der Waals surface area contributed by atoms with Crippen LogP contribution in [0.2, 0.25) is 0 Å². The second kappa shape index (κ2) is 8.61. The fraction of sp³-hybridized carbons (Fsp3) is 0.286. The maximum atomic E-state index is 5.57. The van der Waals surface area contributed by atoms with Crippen molar-refractivity contribution in [2.75, 3.05) is 44.7 Å². The molecule has 6 rings (SSSR count). The van der Waals surface area contributed by atoms with Crippen molar-refractivity contribution in [2.24, 2.45) is 4.99 Å². The molecule has 0 aliphatic carbocycles. The van der Waals surface area contributed by atoms with E-state index in [1.165, 1.54) is 11.3 Å². The van der Waals surface area contributed by atoms with Crippen LogP contribution in [0.15, 0.2) is 65.7 Å². The summed E-state index contributed by atoms with van der Waals surface area (Å²) in [7, 11) is 2.18. The lowest BCUT2D eigenvalue weighted by atomic mass is 10.0. The summed E-state index contributed by atoms with van der Waals surface area (Å²) in [6.07, 6.45) is 0.824. The van der Waals surface area contributed by atoms with Crippen molar-refractivity contribution in [1.82, 2.24) is 14.9 Å². The molecular weight excluding hydrogens is 422 g/mol. The molecule has 1 aromatic heterocycles. The topological polar surface area (TPSA) is 56.8 Å². The Hall–Kier alpha value is -3.64. The molecule has 0 unspecified atom stereocenters. The van der Waals surface area contributed by atoms with Crippen LogP contribution in [-0.2, 0) is 6.42 Å². The molecule has 0 atom stereocenters. The third-order valence-corrected chi connectivity index (χ3v) is 6.80. The van der Waals surface area contributed by atoms with Crippen molar-refractivity contribution in [3.63, 3.8) is 0 Å². The van der Waals surface area contributed by atoms with Crippen LogP contribution in [0.4, 0.5) is 11.4 Å². The van der Waals surface area contributed by atoms with Crippen LogP contribution in [-0.4, -0.2) is 60.4 Å².